The molecule has 3 rings (SSSR count). The molecule has 1 saturated heterocycles. The molecule has 2 aliphatic heterocycles. The summed E-state index contributed by atoms with van der Waals surface area (Å²) < 4.78 is 10.2. The van der Waals surface area contributed by atoms with Crippen molar-refractivity contribution in [3.8, 4) is 0 Å². The Balaban J connectivity index is 2.00. The van der Waals surface area contributed by atoms with Crippen LogP contribution in [0.5, 0.6) is 0 Å². The number of methoxy groups -OCH3 is 1. The number of carbonyl (C=O) groups is 1. The normalized spacial score (nSPS) is 18.6. The van der Waals surface area contributed by atoms with E-state index in [2.05, 4.69) is 20.2 Å². The fraction of sp³-hybridized carbons (Fsp3) is 0.615. The number of morpholine rings is 1. The fourth-order valence-corrected chi connectivity index (χ4v) is 2.50. The van der Waals surface area contributed by atoms with Crippen LogP contribution in [-0.2, 0) is 22.4 Å². The van der Waals surface area contributed by atoms with E-state index in [0.717, 1.165) is 37.3 Å². The van der Waals surface area contributed by atoms with E-state index in [1.165, 1.54) is 7.11 Å². The third kappa shape index (κ3) is 2.46. The van der Waals surface area contributed by atoms with Gasteiger partial charge < -0.3 is 19.7 Å². The number of ether oxygens (including phenoxy) is 2. The van der Waals surface area contributed by atoms with E-state index in [-0.39, 0.29) is 0 Å². The van der Waals surface area contributed by atoms with Crippen molar-refractivity contribution in [3.05, 3.63) is 17.0 Å². The molecule has 7 nitrogen and oxygen atoms in total. The van der Waals surface area contributed by atoms with E-state index >= 15 is 0 Å². The van der Waals surface area contributed by atoms with Crippen LogP contribution in [0.25, 0.3) is 0 Å². The average Bonchev–Trinajstić information content (AvgIpc) is 2.54. The van der Waals surface area contributed by atoms with Crippen LogP contribution < -0.4 is 10.2 Å². The lowest BCUT2D eigenvalue weighted by atomic mass is 10.1. The smallest absolute Gasteiger partial charge is 0.357 e. The van der Waals surface area contributed by atoms with Gasteiger partial charge in [0.25, 0.3) is 0 Å². The van der Waals surface area contributed by atoms with Crippen LogP contribution in [0.4, 0.5) is 5.95 Å². The maximum atomic E-state index is 11.9. The van der Waals surface area contributed by atoms with Gasteiger partial charge in [0.15, 0.2) is 5.69 Å². The second kappa shape index (κ2) is 5.72. The predicted octanol–water partition coefficient (Wildman–Crippen LogP) is -0.254. The third-order valence-electron chi connectivity index (χ3n) is 3.59. The summed E-state index contributed by atoms with van der Waals surface area (Å²) >= 11 is 0. The van der Waals surface area contributed by atoms with Gasteiger partial charge in [0, 0.05) is 38.2 Å². The van der Waals surface area contributed by atoms with Gasteiger partial charge in [-0.15, -0.1) is 0 Å². The SMILES string of the molecule is COC(=O)c1nc(N2CCOCC2)nc2c1CNCC2. The minimum absolute atomic E-state index is 0.381. The van der Waals surface area contributed by atoms with Crippen molar-refractivity contribution in [1.82, 2.24) is 15.3 Å². The Kier molecular flexibility index (Phi) is 3.79. The maximum absolute atomic E-state index is 11.9. The van der Waals surface area contributed by atoms with E-state index < -0.39 is 5.97 Å². The Bertz CT molecular complexity index is 515. The molecule has 0 amide bonds. The largest absolute Gasteiger partial charge is 0.464 e. The molecule has 1 fully saturated rings. The van der Waals surface area contributed by atoms with E-state index in [1.54, 1.807) is 0 Å². The quantitative estimate of drug-likeness (QED) is 0.747. The highest BCUT2D eigenvalue weighted by Crippen LogP contribution is 2.20. The number of hydrogen-bond donors (Lipinski definition) is 1. The zero-order chi connectivity index (χ0) is 13.9. The van der Waals surface area contributed by atoms with Crippen LogP contribution in [0.3, 0.4) is 0 Å². The number of nitrogens with one attached hydrogen (secondary N) is 1. The molecule has 0 aliphatic carbocycles. The van der Waals surface area contributed by atoms with E-state index in [0.29, 0.717) is 31.4 Å². The molecule has 20 heavy (non-hydrogen) atoms. The van der Waals surface area contributed by atoms with Gasteiger partial charge in [-0.05, 0) is 0 Å². The highest BCUT2D eigenvalue weighted by molar-refractivity contribution is 5.89. The first-order chi connectivity index (χ1) is 9.79. The number of esters is 1. The molecule has 1 N–H and O–H groups in total. The van der Waals surface area contributed by atoms with Crippen LogP contribution >= 0.6 is 0 Å². The monoisotopic (exact) mass is 278 g/mol. The third-order valence-corrected chi connectivity index (χ3v) is 3.59. The number of nitrogens with zero attached hydrogens (tertiary/aromatic N) is 3. The van der Waals surface area contributed by atoms with Crippen molar-refractivity contribution in [2.45, 2.75) is 13.0 Å². The topological polar surface area (TPSA) is 76.6 Å². The van der Waals surface area contributed by atoms with Crippen molar-refractivity contribution in [1.29, 1.82) is 0 Å². The molecule has 2 aliphatic rings. The maximum Gasteiger partial charge on any atom is 0.357 e. The molecule has 3 heterocycles. The number of fused-ring (bicyclic) bond motifs is 1. The summed E-state index contributed by atoms with van der Waals surface area (Å²) in [6.45, 7) is 4.30. The Hall–Kier alpha value is -1.73. The summed E-state index contributed by atoms with van der Waals surface area (Å²) in [5.41, 5.74) is 2.19. The minimum atomic E-state index is -0.401. The van der Waals surface area contributed by atoms with E-state index in [9.17, 15) is 4.79 Å². The number of rotatable bonds is 2. The Morgan fingerprint density at radius 1 is 1.35 bits per heavy atom. The lowest BCUT2D eigenvalue weighted by Gasteiger charge is -2.28. The van der Waals surface area contributed by atoms with Gasteiger partial charge >= 0.3 is 5.97 Å². The molecule has 1 aromatic rings. The van der Waals surface area contributed by atoms with E-state index in [4.69, 9.17) is 9.47 Å². The van der Waals surface area contributed by atoms with Crippen molar-refractivity contribution in [2.75, 3.05) is 44.9 Å². The van der Waals surface area contributed by atoms with Gasteiger partial charge in [0.1, 0.15) is 0 Å². The molecule has 108 valence electrons. The Morgan fingerprint density at radius 3 is 2.90 bits per heavy atom. The molecule has 0 saturated carbocycles. The number of carbonyl (C=O) groups excluding carboxylic acids is 1. The molecular formula is C13H18N4O3. The van der Waals surface area contributed by atoms with Crippen LogP contribution in [0, 0.1) is 0 Å². The highest BCUT2D eigenvalue weighted by atomic mass is 16.5. The lowest BCUT2D eigenvalue weighted by molar-refractivity contribution is 0.0591. The molecular weight excluding hydrogens is 260 g/mol. The van der Waals surface area contributed by atoms with Crippen molar-refractivity contribution in [2.24, 2.45) is 0 Å². The van der Waals surface area contributed by atoms with Gasteiger partial charge in [-0.25, -0.2) is 14.8 Å². The molecule has 0 radical (unpaired) electrons. The average molecular weight is 278 g/mol. The van der Waals surface area contributed by atoms with Crippen LogP contribution in [0.1, 0.15) is 21.7 Å². The van der Waals surface area contributed by atoms with Crippen LogP contribution in [-0.4, -0.2) is 55.9 Å². The van der Waals surface area contributed by atoms with Gasteiger partial charge in [0.2, 0.25) is 5.95 Å². The Labute approximate surface area is 117 Å². The summed E-state index contributed by atoms with van der Waals surface area (Å²) in [6, 6.07) is 0. The zero-order valence-corrected chi connectivity index (χ0v) is 11.5. The predicted molar refractivity (Wildman–Crippen MR) is 71.8 cm³/mol. The van der Waals surface area contributed by atoms with Crippen LogP contribution in [0.15, 0.2) is 0 Å². The Morgan fingerprint density at radius 2 is 2.15 bits per heavy atom. The second-order valence-corrected chi connectivity index (χ2v) is 4.82. The van der Waals surface area contributed by atoms with Crippen LogP contribution in [0.2, 0.25) is 0 Å². The molecule has 0 spiro atoms. The van der Waals surface area contributed by atoms with Crippen molar-refractivity contribution in [3.63, 3.8) is 0 Å². The molecule has 0 unspecified atom stereocenters. The minimum Gasteiger partial charge on any atom is -0.464 e. The molecule has 1 aromatic heterocycles. The number of anilines is 1. The zero-order valence-electron chi connectivity index (χ0n) is 11.5. The van der Waals surface area contributed by atoms with Gasteiger partial charge in [-0.1, -0.05) is 0 Å². The number of aromatic nitrogens is 2. The fourth-order valence-electron chi connectivity index (χ4n) is 2.50. The summed E-state index contributed by atoms with van der Waals surface area (Å²) in [4.78, 5) is 23.0. The summed E-state index contributed by atoms with van der Waals surface area (Å²) in [5.74, 6) is 0.205. The van der Waals surface area contributed by atoms with Crippen molar-refractivity contribution < 1.29 is 14.3 Å². The molecule has 0 atom stereocenters. The summed E-state index contributed by atoms with van der Waals surface area (Å²) in [7, 11) is 1.38. The van der Waals surface area contributed by atoms with Gasteiger partial charge in [0.05, 0.1) is 26.0 Å². The molecule has 7 heteroatoms. The molecule has 0 aromatic carbocycles. The van der Waals surface area contributed by atoms with Gasteiger partial charge in [-0.3, -0.25) is 0 Å². The standard InChI is InChI=1S/C13H18N4O3/c1-19-12(18)11-9-8-14-3-2-10(9)15-13(16-11)17-4-6-20-7-5-17/h14H,2-8H2,1H3. The summed E-state index contributed by atoms with van der Waals surface area (Å²) in [5, 5.41) is 3.24. The lowest BCUT2D eigenvalue weighted by Crippen LogP contribution is -2.38. The first kappa shape index (κ1) is 13.3. The highest BCUT2D eigenvalue weighted by Gasteiger charge is 2.25. The second-order valence-electron chi connectivity index (χ2n) is 4.82. The first-order valence-electron chi connectivity index (χ1n) is 6.81. The summed E-state index contributed by atoms with van der Waals surface area (Å²) in [6.07, 6.45) is 0.805. The van der Waals surface area contributed by atoms with E-state index in [1.807, 2.05) is 0 Å². The van der Waals surface area contributed by atoms with Gasteiger partial charge in [-0.2, -0.15) is 0 Å². The van der Waals surface area contributed by atoms with Crippen molar-refractivity contribution >= 4 is 11.9 Å². The number of hydrogen-bond acceptors (Lipinski definition) is 7. The first-order valence-corrected chi connectivity index (χ1v) is 6.81. The molecule has 0 bridgehead atoms.